The molecule has 19 heavy (non-hydrogen) atoms. The third-order valence-corrected chi connectivity index (χ3v) is 2.89. The summed E-state index contributed by atoms with van der Waals surface area (Å²) in [7, 11) is 1.94. The Labute approximate surface area is 117 Å². The van der Waals surface area contributed by atoms with Gasteiger partial charge in [-0.1, -0.05) is 19.9 Å². The monoisotopic (exact) mass is 266 g/mol. The Morgan fingerprint density at radius 1 is 1.26 bits per heavy atom. The molecule has 108 valence electrons. The van der Waals surface area contributed by atoms with Gasteiger partial charge in [0.25, 0.3) is 0 Å². The van der Waals surface area contributed by atoms with E-state index in [1.165, 1.54) is 0 Å². The highest BCUT2D eigenvalue weighted by molar-refractivity contribution is 5.48. The van der Waals surface area contributed by atoms with E-state index in [1.54, 1.807) is 6.07 Å². The smallest absolute Gasteiger partial charge is 0.146 e. The molecule has 1 aromatic carbocycles. The van der Waals surface area contributed by atoms with Crippen molar-refractivity contribution in [2.75, 3.05) is 18.5 Å². The molecule has 0 aromatic heterocycles. The summed E-state index contributed by atoms with van der Waals surface area (Å²) in [5.74, 6) is 0.378. The van der Waals surface area contributed by atoms with E-state index in [4.69, 9.17) is 0 Å². The van der Waals surface area contributed by atoms with Crippen LogP contribution < -0.4 is 10.2 Å². The van der Waals surface area contributed by atoms with Crippen LogP contribution in [0.3, 0.4) is 0 Å². The minimum Gasteiger partial charge on any atom is -0.372 e. The van der Waals surface area contributed by atoms with Gasteiger partial charge in [-0.15, -0.1) is 0 Å². The number of rotatable bonds is 5. The van der Waals surface area contributed by atoms with Crippen LogP contribution in [0.1, 0.15) is 40.2 Å². The normalized spacial score (nSPS) is 12.0. The summed E-state index contributed by atoms with van der Waals surface area (Å²) >= 11 is 0. The van der Waals surface area contributed by atoms with Crippen LogP contribution in [0, 0.1) is 11.7 Å². The molecular formula is C16H27FN2. The molecule has 0 fully saturated rings. The predicted octanol–water partition coefficient (Wildman–Crippen LogP) is 3.81. The fourth-order valence-electron chi connectivity index (χ4n) is 1.98. The van der Waals surface area contributed by atoms with Crippen LogP contribution in [0.5, 0.6) is 0 Å². The van der Waals surface area contributed by atoms with Crippen molar-refractivity contribution < 1.29 is 4.39 Å². The molecule has 0 radical (unpaired) electrons. The minimum atomic E-state index is -0.142. The molecule has 0 aliphatic heterocycles. The maximum atomic E-state index is 14.1. The van der Waals surface area contributed by atoms with Crippen molar-refractivity contribution in [1.82, 2.24) is 5.32 Å². The molecule has 0 aliphatic carbocycles. The molecule has 0 saturated carbocycles. The Hall–Kier alpha value is -1.09. The number of benzene rings is 1. The van der Waals surface area contributed by atoms with Gasteiger partial charge in [0.2, 0.25) is 0 Å². The highest BCUT2D eigenvalue weighted by Gasteiger charge is 2.12. The van der Waals surface area contributed by atoms with E-state index in [0.29, 0.717) is 18.2 Å². The molecule has 0 unspecified atom stereocenters. The molecule has 0 bridgehead atoms. The van der Waals surface area contributed by atoms with Gasteiger partial charge in [0.05, 0.1) is 5.69 Å². The first-order valence-electron chi connectivity index (χ1n) is 6.93. The topological polar surface area (TPSA) is 15.3 Å². The lowest BCUT2D eigenvalue weighted by molar-refractivity contribution is 0.423. The van der Waals surface area contributed by atoms with Gasteiger partial charge >= 0.3 is 0 Å². The molecule has 0 atom stereocenters. The molecule has 1 aromatic rings. The van der Waals surface area contributed by atoms with Crippen LogP contribution in [-0.4, -0.2) is 19.1 Å². The number of hydrogen-bond donors (Lipinski definition) is 1. The third kappa shape index (κ3) is 5.60. The Morgan fingerprint density at radius 2 is 1.89 bits per heavy atom. The predicted molar refractivity (Wildman–Crippen MR) is 81.1 cm³/mol. The van der Waals surface area contributed by atoms with Crippen LogP contribution in [-0.2, 0) is 6.54 Å². The first kappa shape index (κ1) is 16.0. The van der Waals surface area contributed by atoms with Crippen molar-refractivity contribution >= 4 is 5.69 Å². The number of nitrogens with zero attached hydrogens (tertiary/aromatic N) is 1. The van der Waals surface area contributed by atoms with Crippen LogP contribution in [0.25, 0.3) is 0 Å². The van der Waals surface area contributed by atoms with Crippen molar-refractivity contribution in [2.24, 2.45) is 5.92 Å². The zero-order chi connectivity index (χ0) is 14.6. The molecule has 0 spiro atoms. The Kier molecular flexibility index (Phi) is 5.36. The van der Waals surface area contributed by atoms with Crippen LogP contribution >= 0.6 is 0 Å². The van der Waals surface area contributed by atoms with Gasteiger partial charge in [-0.3, -0.25) is 0 Å². The van der Waals surface area contributed by atoms with Crippen LogP contribution in [0.2, 0.25) is 0 Å². The first-order chi connectivity index (χ1) is 8.69. The second-order valence-electron chi connectivity index (χ2n) is 6.66. The van der Waals surface area contributed by atoms with Crippen molar-refractivity contribution in [1.29, 1.82) is 0 Å². The van der Waals surface area contributed by atoms with Gasteiger partial charge in [-0.2, -0.15) is 0 Å². The summed E-state index contributed by atoms with van der Waals surface area (Å²) in [5, 5.41) is 3.37. The van der Waals surface area contributed by atoms with Gasteiger partial charge in [0.1, 0.15) is 5.82 Å². The summed E-state index contributed by atoms with van der Waals surface area (Å²) in [6.45, 7) is 12.1. The van der Waals surface area contributed by atoms with E-state index < -0.39 is 0 Å². The Balaban J connectivity index is 2.74. The molecule has 0 aliphatic rings. The highest BCUT2D eigenvalue weighted by Crippen LogP contribution is 2.20. The molecule has 0 amide bonds. The van der Waals surface area contributed by atoms with Gasteiger partial charge in [0.15, 0.2) is 0 Å². The van der Waals surface area contributed by atoms with E-state index in [2.05, 4.69) is 39.9 Å². The van der Waals surface area contributed by atoms with E-state index >= 15 is 0 Å². The molecule has 1 rings (SSSR count). The van der Waals surface area contributed by atoms with E-state index in [-0.39, 0.29) is 11.4 Å². The Morgan fingerprint density at radius 3 is 2.37 bits per heavy atom. The van der Waals surface area contributed by atoms with E-state index in [1.807, 2.05) is 24.1 Å². The summed E-state index contributed by atoms with van der Waals surface area (Å²) in [5.41, 5.74) is 1.70. The average Bonchev–Trinajstić information content (AvgIpc) is 2.24. The first-order valence-corrected chi connectivity index (χ1v) is 6.93. The molecule has 2 nitrogen and oxygen atoms in total. The standard InChI is InChI=1S/C16H27FN2/c1-12(2)11-19(6)15-8-7-13(9-14(15)17)10-18-16(3,4)5/h7-9,12,18H,10-11H2,1-6H3. The lowest BCUT2D eigenvalue weighted by Gasteiger charge is -2.23. The van der Waals surface area contributed by atoms with E-state index in [0.717, 1.165) is 12.1 Å². The molecule has 3 heteroatoms. The lowest BCUT2D eigenvalue weighted by atomic mass is 10.1. The third-order valence-electron chi connectivity index (χ3n) is 2.89. The summed E-state index contributed by atoms with van der Waals surface area (Å²) in [6.07, 6.45) is 0. The van der Waals surface area contributed by atoms with Gasteiger partial charge in [-0.25, -0.2) is 4.39 Å². The maximum absolute atomic E-state index is 14.1. The fraction of sp³-hybridized carbons (Fsp3) is 0.625. The van der Waals surface area contributed by atoms with Gasteiger partial charge in [-0.05, 0) is 44.4 Å². The van der Waals surface area contributed by atoms with Crippen LogP contribution in [0.4, 0.5) is 10.1 Å². The zero-order valence-corrected chi connectivity index (χ0v) is 13.0. The molecule has 0 saturated heterocycles. The summed E-state index contributed by atoms with van der Waals surface area (Å²) in [4.78, 5) is 1.97. The quantitative estimate of drug-likeness (QED) is 0.872. The SMILES string of the molecule is CC(C)CN(C)c1ccc(CNC(C)(C)C)cc1F. The van der Waals surface area contributed by atoms with Gasteiger partial charge < -0.3 is 10.2 Å². The van der Waals surface area contributed by atoms with Crippen LogP contribution in [0.15, 0.2) is 18.2 Å². The molecule has 0 heterocycles. The number of anilines is 1. The van der Waals surface area contributed by atoms with Crippen molar-refractivity contribution in [3.8, 4) is 0 Å². The van der Waals surface area contributed by atoms with E-state index in [9.17, 15) is 4.39 Å². The lowest BCUT2D eigenvalue weighted by Crippen LogP contribution is -2.35. The minimum absolute atomic E-state index is 0.0452. The summed E-state index contributed by atoms with van der Waals surface area (Å²) in [6, 6.07) is 5.50. The van der Waals surface area contributed by atoms with Crippen molar-refractivity contribution in [3.63, 3.8) is 0 Å². The van der Waals surface area contributed by atoms with Crippen molar-refractivity contribution in [3.05, 3.63) is 29.6 Å². The largest absolute Gasteiger partial charge is 0.372 e. The highest BCUT2D eigenvalue weighted by atomic mass is 19.1. The molecular weight excluding hydrogens is 239 g/mol. The fourth-order valence-corrected chi connectivity index (χ4v) is 1.98. The maximum Gasteiger partial charge on any atom is 0.146 e. The summed E-state index contributed by atoms with van der Waals surface area (Å²) < 4.78 is 14.1. The second kappa shape index (κ2) is 6.38. The Bertz CT molecular complexity index is 408. The van der Waals surface area contributed by atoms with Gasteiger partial charge in [0, 0.05) is 25.7 Å². The number of nitrogens with one attached hydrogen (secondary N) is 1. The number of halogens is 1. The van der Waals surface area contributed by atoms with Crippen molar-refractivity contribution in [2.45, 2.75) is 46.7 Å². The zero-order valence-electron chi connectivity index (χ0n) is 13.0. The number of hydrogen-bond acceptors (Lipinski definition) is 2. The molecule has 1 N–H and O–H groups in total. The average molecular weight is 266 g/mol. The second-order valence-corrected chi connectivity index (χ2v) is 6.66.